The Morgan fingerprint density at radius 3 is 2.67 bits per heavy atom. The first kappa shape index (κ1) is 17.3. The minimum Gasteiger partial charge on any atom is -0.785 e. The minimum absolute atomic E-state index is 0.101. The molecule has 3 heterocycles. The second-order valence-corrected chi connectivity index (χ2v) is 6.90. The average Bonchev–Trinajstić information content (AvgIpc) is 3.02. The lowest BCUT2D eigenvalue weighted by Gasteiger charge is -2.29. The van der Waals surface area contributed by atoms with Crippen LogP contribution in [0.4, 0.5) is 4.79 Å². The molecule has 0 spiro atoms. The number of hydroxylamine groups is 5. The molecule has 0 aromatic heterocycles. The zero-order valence-corrected chi connectivity index (χ0v) is 13.3. The van der Waals surface area contributed by atoms with Crippen LogP contribution in [0.25, 0.3) is 0 Å². The van der Waals surface area contributed by atoms with Gasteiger partial charge in [0.2, 0.25) is 0 Å². The Hall–Kier alpha value is -1.51. The van der Waals surface area contributed by atoms with Crippen molar-refractivity contribution in [3.8, 4) is 0 Å². The van der Waals surface area contributed by atoms with E-state index in [0.717, 1.165) is 9.96 Å². The van der Waals surface area contributed by atoms with Gasteiger partial charge in [-0.3, -0.25) is 14.2 Å². The maximum atomic E-state index is 12.2. The molecular formula is C11H17N4O8S-. The van der Waals surface area contributed by atoms with E-state index in [0.29, 0.717) is 24.4 Å². The van der Waals surface area contributed by atoms with Crippen LogP contribution < -0.4 is 5.48 Å². The number of nitrogens with zero attached hydrogens (tertiary/aromatic N) is 3. The molecule has 0 saturated carbocycles. The van der Waals surface area contributed by atoms with Gasteiger partial charge in [-0.25, -0.2) is 10.3 Å². The van der Waals surface area contributed by atoms with Gasteiger partial charge in [-0.05, 0) is 25.8 Å². The van der Waals surface area contributed by atoms with Crippen molar-refractivity contribution < 1.29 is 31.7 Å². The first-order valence-corrected chi connectivity index (χ1v) is 8.75. The van der Waals surface area contributed by atoms with Crippen LogP contribution in [0.3, 0.4) is 0 Å². The predicted molar refractivity (Wildman–Crippen MR) is 76.0 cm³/mol. The van der Waals surface area contributed by atoms with Gasteiger partial charge in [0.05, 0.1) is 12.1 Å². The van der Waals surface area contributed by atoms with E-state index >= 15 is 0 Å². The standard InChI is InChI=1S/C11H17N4O8S/c16-10(12-22-8-3-4-13(18)6-8)9-2-1-7-5-14(9)11(17)15(7)23-24(19,20)21/h7-9H,1-6H2,(H,12,16)(H,19,20,21)/q-1/t7-,8?,9+/m1/s1. The van der Waals surface area contributed by atoms with E-state index in [4.69, 9.17) is 9.39 Å². The Morgan fingerprint density at radius 2 is 2.04 bits per heavy atom. The summed E-state index contributed by atoms with van der Waals surface area (Å²) >= 11 is 0. The number of carbonyl (C=O) groups excluding carboxylic acids is 2. The first-order valence-electron chi connectivity index (χ1n) is 7.39. The van der Waals surface area contributed by atoms with Crippen molar-refractivity contribution in [2.75, 3.05) is 19.6 Å². The molecule has 3 aliphatic heterocycles. The van der Waals surface area contributed by atoms with Crippen molar-refractivity contribution >= 4 is 22.3 Å². The fourth-order valence-electron chi connectivity index (χ4n) is 3.11. The van der Waals surface area contributed by atoms with Gasteiger partial charge in [0.25, 0.3) is 5.91 Å². The molecule has 2 N–H and O–H groups in total. The number of piperidine rings is 1. The molecule has 3 rings (SSSR count). The Balaban J connectivity index is 1.58. The zero-order valence-electron chi connectivity index (χ0n) is 12.5. The van der Waals surface area contributed by atoms with Crippen LogP contribution in [-0.4, -0.2) is 77.8 Å². The minimum atomic E-state index is -4.82. The second kappa shape index (κ2) is 6.42. The summed E-state index contributed by atoms with van der Waals surface area (Å²) < 4.78 is 34.6. The molecule has 24 heavy (non-hydrogen) atoms. The number of fused-ring (bicyclic) bond motifs is 2. The summed E-state index contributed by atoms with van der Waals surface area (Å²) in [5.74, 6) is -0.556. The van der Waals surface area contributed by atoms with Crippen molar-refractivity contribution in [3.63, 3.8) is 0 Å². The molecule has 12 nitrogen and oxygen atoms in total. The van der Waals surface area contributed by atoms with Crippen LogP contribution >= 0.6 is 0 Å². The molecule has 1 unspecified atom stereocenters. The normalized spacial score (nSPS) is 30.9. The Kier molecular flexibility index (Phi) is 4.63. The van der Waals surface area contributed by atoms with Crippen LogP contribution in [0.15, 0.2) is 0 Å². The Bertz CT molecular complexity index is 628. The number of rotatable bonds is 5. The van der Waals surface area contributed by atoms with Crippen molar-refractivity contribution in [1.29, 1.82) is 0 Å². The van der Waals surface area contributed by atoms with Crippen LogP contribution in [0.5, 0.6) is 0 Å². The van der Waals surface area contributed by atoms with Crippen LogP contribution in [-0.2, 0) is 24.3 Å². The van der Waals surface area contributed by atoms with E-state index in [2.05, 4.69) is 9.76 Å². The van der Waals surface area contributed by atoms with Gasteiger partial charge >= 0.3 is 16.4 Å². The average molecular weight is 365 g/mol. The van der Waals surface area contributed by atoms with E-state index in [1.54, 1.807) is 0 Å². The van der Waals surface area contributed by atoms with Gasteiger partial charge in [0.15, 0.2) is 0 Å². The highest BCUT2D eigenvalue weighted by Crippen LogP contribution is 2.30. The van der Waals surface area contributed by atoms with Crippen molar-refractivity contribution in [1.82, 2.24) is 20.5 Å². The fourth-order valence-corrected chi connectivity index (χ4v) is 3.50. The summed E-state index contributed by atoms with van der Waals surface area (Å²) in [5.41, 5.74) is 2.26. The highest BCUT2D eigenvalue weighted by Gasteiger charge is 2.49. The molecule has 0 aliphatic carbocycles. The number of urea groups is 1. The number of hydrogen-bond acceptors (Lipinski definition) is 8. The molecule has 3 aliphatic rings. The highest BCUT2D eigenvalue weighted by molar-refractivity contribution is 7.80. The topological polar surface area (TPSA) is 152 Å². The maximum Gasteiger partial charge on any atom is 0.418 e. The number of nitrogens with one attached hydrogen (secondary N) is 1. The summed E-state index contributed by atoms with van der Waals surface area (Å²) in [6.07, 6.45) is 0.703. The summed E-state index contributed by atoms with van der Waals surface area (Å²) in [6.45, 7) is 0.591. The lowest BCUT2D eigenvalue weighted by molar-refractivity contribution is -0.143. The summed E-state index contributed by atoms with van der Waals surface area (Å²) in [7, 11) is -4.82. The summed E-state index contributed by atoms with van der Waals surface area (Å²) in [4.78, 5) is 30.7. The van der Waals surface area contributed by atoms with Gasteiger partial charge in [0, 0.05) is 13.1 Å². The van der Waals surface area contributed by atoms with Crippen molar-refractivity contribution in [3.05, 3.63) is 5.21 Å². The smallest absolute Gasteiger partial charge is 0.418 e. The quantitative estimate of drug-likeness (QED) is 0.443. The zero-order chi connectivity index (χ0) is 17.5. The largest absolute Gasteiger partial charge is 0.785 e. The molecule has 3 fully saturated rings. The second-order valence-electron chi connectivity index (χ2n) is 5.89. The molecule has 136 valence electrons. The van der Waals surface area contributed by atoms with Crippen molar-refractivity contribution in [2.45, 2.75) is 37.5 Å². The van der Waals surface area contributed by atoms with E-state index in [9.17, 15) is 23.2 Å². The molecule has 13 heteroatoms. The molecule has 0 radical (unpaired) electrons. The molecule has 0 aromatic carbocycles. The number of hydrogen-bond donors (Lipinski definition) is 2. The van der Waals surface area contributed by atoms with E-state index in [-0.39, 0.29) is 19.5 Å². The van der Waals surface area contributed by atoms with E-state index in [1.165, 1.54) is 0 Å². The molecule has 2 bridgehead atoms. The highest BCUT2D eigenvalue weighted by atomic mass is 32.3. The van der Waals surface area contributed by atoms with Gasteiger partial charge in [-0.2, -0.15) is 13.5 Å². The number of carbonyl (C=O) groups is 2. The van der Waals surface area contributed by atoms with Gasteiger partial charge < -0.3 is 15.2 Å². The summed E-state index contributed by atoms with van der Waals surface area (Å²) in [5, 5.41) is 12.5. The van der Waals surface area contributed by atoms with E-state index in [1.807, 2.05) is 0 Å². The Labute approximate surface area is 137 Å². The predicted octanol–water partition coefficient (Wildman–Crippen LogP) is -1.39. The fraction of sp³-hybridized carbons (Fsp3) is 0.818. The lowest BCUT2D eigenvalue weighted by atomic mass is 10.0. The Morgan fingerprint density at radius 1 is 1.29 bits per heavy atom. The lowest BCUT2D eigenvalue weighted by Crippen LogP contribution is -2.50. The molecule has 0 aromatic rings. The monoisotopic (exact) mass is 365 g/mol. The summed E-state index contributed by atoms with van der Waals surface area (Å²) in [6, 6.07) is -2.22. The van der Waals surface area contributed by atoms with Crippen LogP contribution in [0.1, 0.15) is 19.3 Å². The first-order chi connectivity index (χ1) is 11.2. The van der Waals surface area contributed by atoms with E-state index < -0.39 is 40.5 Å². The number of amides is 3. The maximum absolute atomic E-state index is 12.2. The molecule has 3 saturated heterocycles. The third-order valence-electron chi connectivity index (χ3n) is 4.23. The SMILES string of the molecule is O=C(NOC1CCN([O-])C1)[C@@H]1CC[C@@H]2CN1C(=O)N2OS(=O)(=O)O. The third-order valence-corrected chi connectivity index (χ3v) is 4.58. The molecule has 3 atom stereocenters. The van der Waals surface area contributed by atoms with Crippen molar-refractivity contribution in [2.24, 2.45) is 0 Å². The third kappa shape index (κ3) is 3.60. The molecule has 3 amide bonds. The molecular weight excluding hydrogens is 348 g/mol. The van der Waals surface area contributed by atoms with Gasteiger partial charge in [-0.1, -0.05) is 0 Å². The van der Waals surface area contributed by atoms with Gasteiger partial charge in [-0.15, -0.1) is 4.28 Å². The van der Waals surface area contributed by atoms with Crippen LogP contribution in [0, 0.1) is 5.21 Å². The van der Waals surface area contributed by atoms with Crippen LogP contribution in [0.2, 0.25) is 0 Å². The van der Waals surface area contributed by atoms with Gasteiger partial charge in [0.1, 0.15) is 6.04 Å².